The molecule has 1 aliphatic heterocycles. The molecular weight excluding hydrogens is 449 g/mol. The molecule has 1 amide bonds. The third-order valence-electron chi connectivity index (χ3n) is 6.58. The minimum atomic E-state index is -0.519. The first-order chi connectivity index (χ1) is 15.5. The van der Waals surface area contributed by atoms with E-state index in [-0.39, 0.29) is 24.3 Å². The number of benzene rings is 2. The number of cyclic esters (lactones) is 1. The summed E-state index contributed by atoms with van der Waals surface area (Å²) in [5.41, 5.74) is 2.89. The summed E-state index contributed by atoms with van der Waals surface area (Å²) in [5, 5.41) is 3.47. The smallest absolute Gasteiger partial charge is 0.417 e. The summed E-state index contributed by atoms with van der Waals surface area (Å²) in [5.74, 6) is 0.404. The van der Waals surface area contributed by atoms with Crippen LogP contribution < -0.4 is 16.0 Å². The van der Waals surface area contributed by atoms with Crippen molar-refractivity contribution < 1.29 is 18.3 Å². The fraction of sp³-hybridized carbons (Fsp3) is 0.417. The third kappa shape index (κ3) is 5.23. The van der Waals surface area contributed by atoms with Crippen LogP contribution in [-0.4, -0.2) is 36.8 Å². The lowest BCUT2D eigenvalue weighted by Gasteiger charge is -2.29. The second-order valence-corrected chi connectivity index (χ2v) is 8.74. The van der Waals surface area contributed by atoms with E-state index in [2.05, 4.69) is 10.3 Å². The van der Waals surface area contributed by atoms with Crippen LogP contribution in [0.1, 0.15) is 37.2 Å². The molecule has 1 saturated carbocycles. The maximum absolute atomic E-state index is 13.1. The van der Waals surface area contributed by atoms with Gasteiger partial charge in [-0.15, -0.1) is 12.4 Å². The summed E-state index contributed by atoms with van der Waals surface area (Å²) < 4.78 is 23.7. The van der Waals surface area contributed by atoms with Crippen molar-refractivity contribution in [2.24, 2.45) is 5.92 Å². The van der Waals surface area contributed by atoms with Gasteiger partial charge < -0.3 is 14.5 Å². The van der Waals surface area contributed by atoms with E-state index in [1.54, 1.807) is 35.2 Å². The normalized spacial score (nSPS) is 22.9. The Hall–Kier alpha value is -2.84. The zero-order valence-corrected chi connectivity index (χ0v) is 18.9. The molecule has 3 aromatic rings. The van der Waals surface area contributed by atoms with Gasteiger partial charge in [-0.05, 0) is 73.9 Å². The van der Waals surface area contributed by atoms with Gasteiger partial charge in [-0.1, -0.05) is 12.1 Å². The zero-order chi connectivity index (χ0) is 22.1. The summed E-state index contributed by atoms with van der Waals surface area (Å²) in [6.07, 6.45) is 3.87. The summed E-state index contributed by atoms with van der Waals surface area (Å²) in [6, 6.07) is 12.0. The Bertz CT molecular complexity index is 1150. The number of aromatic nitrogens is 1. The molecule has 2 fully saturated rings. The lowest BCUT2D eigenvalue weighted by molar-refractivity contribution is 0.139. The van der Waals surface area contributed by atoms with Gasteiger partial charge in [0.1, 0.15) is 11.9 Å². The van der Waals surface area contributed by atoms with Crippen LogP contribution in [0.15, 0.2) is 51.7 Å². The lowest BCUT2D eigenvalue weighted by Crippen LogP contribution is -2.34. The van der Waals surface area contributed by atoms with Crippen LogP contribution in [0.4, 0.5) is 14.9 Å². The van der Waals surface area contributed by atoms with Crippen molar-refractivity contribution in [3.05, 3.63) is 64.4 Å². The number of hydrogen-bond donors (Lipinski definition) is 2. The van der Waals surface area contributed by atoms with Gasteiger partial charge in [0, 0.05) is 12.6 Å². The molecule has 176 valence electrons. The van der Waals surface area contributed by atoms with E-state index in [1.807, 2.05) is 12.1 Å². The van der Waals surface area contributed by atoms with E-state index >= 15 is 0 Å². The highest BCUT2D eigenvalue weighted by molar-refractivity contribution is 5.92. The maximum Gasteiger partial charge on any atom is 0.417 e. The van der Waals surface area contributed by atoms with Crippen LogP contribution in [0.5, 0.6) is 0 Å². The molecule has 0 radical (unpaired) electrons. The summed E-state index contributed by atoms with van der Waals surface area (Å²) in [7, 11) is 0. The Balaban J connectivity index is 0.00000259. The first-order valence-corrected chi connectivity index (χ1v) is 11.1. The molecule has 1 atom stereocenters. The van der Waals surface area contributed by atoms with Gasteiger partial charge in [0.15, 0.2) is 5.58 Å². The molecule has 0 bridgehead atoms. The first kappa shape index (κ1) is 23.3. The van der Waals surface area contributed by atoms with Crippen molar-refractivity contribution in [2.75, 3.05) is 24.5 Å². The van der Waals surface area contributed by atoms with Crippen LogP contribution in [0.3, 0.4) is 0 Å². The fourth-order valence-electron chi connectivity index (χ4n) is 4.82. The average molecular weight is 476 g/mol. The second kappa shape index (κ2) is 9.97. The molecular formula is C24H27ClFN3O4. The number of carbonyl (C=O) groups is 1. The van der Waals surface area contributed by atoms with E-state index < -0.39 is 11.8 Å². The van der Waals surface area contributed by atoms with Gasteiger partial charge in [-0.25, -0.2) is 14.0 Å². The molecule has 1 aliphatic carbocycles. The summed E-state index contributed by atoms with van der Waals surface area (Å²) in [4.78, 5) is 27.8. The standard InChI is InChI=1S/C24H26FN3O4.ClH/c25-18-7-5-17(6-8-18)16-3-1-15(2-4-16)12-26-13-20-14-28(24(30)31-20)19-9-10-21-22(11-19)32-23(29)27-21;/h5-11,15-16,20,26H,1-4,12-14H2,(H,27,29);1H. The highest BCUT2D eigenvalue weighted by Crippen LogP contribution is 2.35. The van der Waals surface area contributed by atoms with Crippen LogP contribution in [0.2, 0.25) is 0 Å². The number of nitrogens with one attached hydrogen (secondary N) is 2. The maximum atomic E-state index is 13.1. The topological polar surface area (TPSA) is 87.6 Å². The van der Waals surface area contributed by atoms with Crippen molar-refractivity contribution in [1.82, 2.24) is 10.3 Å². The molecule has 2 aliphatic rings. The van der Waals surface area contributed by atoms with Crippen molar-refractivity contribution in [2.45, 2.75) is 37.7 Å². The van der Waals surface area contributed by atoms with Gasteiger partial charge in [-0.2, -0.15) is 0 Å². The average Bonchev–Trinajstić information content (AvgIpc) is 3.35. The quantitative estimate of drug-likeness (QED) is 0.545. The number of hydrogen-bond acceptors (Lipinski definition) is 5. The molecule has 2 aromatic carbocycles. The van der Waals surface area contributed by atoms with Crippen molar-refractivity contribution in [3.8, 4) is 0 Å². The molecule has 1 aromatic heterocycles. The van der Waals surface area contributed by atoms with Crippen molar-refractivity contribution >= 4 is 35.3 Å². The molecule has 1 saturated heterocycles. The lowest BCUT2D eigenvalue weighted by atomic mass is 9.78. The Morgan fingerprint density at radius 3 is 2.55 bits per heavy atom. The number of ether oxygens (including phenoxy) is 1. The number of aromatic amines is 1. The van der Waals surface area contributed by atoms with Crippen LogP contribution in [-0.2, 0) is 4.74 Å². The second-order valence-electron chi connectivity index (χ2n) is 8.74. The van der Waals surface area contributed by atoms with Crippen molar-refractivity contribution in [1.29, 1.82) is 0 Å². The monoisotopic (exact) mass is 475 g/mol. The zero-order valence-electron chi connectivity index (χ0n) is 18.1. The van der Waals surface area contributed by atoms with E-state index in [4.69, 9.17) is 9.15 Å². The molecule has 1 unspecified atom stereocenters. The minimum absolute atomic E-state index is 0. The number of nitrogens with zero attached hydrogens (tertiary/aromatic N) is 1. The Labute approximate surface area is 196 Å². The largest absolute Gasteiger partial charge is 0.443 e. The number of halogens is 2. The molecule has 7 nitrogen and oxygen atoms in total. The number of oxazole rings is 1. The fourth-order valence-corrected chi connectivity index (χ4v) is 4.82. The SMILES string of the molecule is Cl.O=C1OC(CNCC2CCC(c3ccc(F)cc3)CC2)CN1c1ccc2[nH]c(=O)oc2c1. The number of fused-ring (bicyclic) bond motifs is 1. The Kier molecular flexibility index (Phi) is 7.05. The van der Waals surface area contributed by atoms with Gasteiger partial charge in [0.25, 0.3) is 0 Å². The highest BCUT2D eigenvalue weighted by Gasteiger charge is 2.32. The Morgan fingerprint density at radius 2 is 1.79 bits per heavy atom. The van der Waals surface area contributed by atoms with Gasteiger partial charge in [0.05, 0.1) is 17.7 Å². The van der Waals surface area contributed by atoms with Crippen LogP contribution in [0, 0.1) is 11.7 Å². The van der Waals surface area contributed by atoms with Gasteiger partial charge in [-0.3, -0.25) is 9.88 Å². The molecule has 2 heterocycles. The number of H-pyrrole nitrogens is 1. The number of rotatable bonds is 6. The van der Waals surface area contributed by atoms with Crippen LogP contribution in [0.25, 0.3) is 11.1 Å². The summed E-state index contributed by atoms with van der Waals surface area (Å²) >= 11 is 0. The predicted octanol–water partition coefficient (Wildman–Crippen LogP) is 4.57. The minimum Gasteiger partial charge on any atom is -0.443 e. The molecule has 33 heavy (non-hydrogen) atoms. The van der Waals surface area contributed by atoms with Crippen molar-refractivity contribution in [3.63, 3.8) is 0 Å². The van der Waals surface area contributed by atoms with Crippen LogP contribution >= 0.6 is 12.4 Å². The van der Waals surface area contributed by atoms with Gasteiger partial charge in [0.2, 0.25) is 0 Å². The predicted molar refractivity (Wildman–Crippen MR) is 126 cm³/mol. The summed E-state index contributed by atoms with van der Waals surface area (Å²) in [6.45, 7) is 1.94. The van der Waals surface area contributed by atoms with E-state index in [9.17, 15) is 14.0 Å². The van der Waals surface area contributed by atoms with E-state index in [1.165, 1.54) is 5.56 Å². The first-order valence-electron chi connectivity index (χ1n) is 11.1. The molecule has 9 heteroatoms. The molecule has 2 N–H and O–H groups in total. The Morgan fingerprint density at radius 1 is 1.03 bits per heavy atom. The van der Waals surface area contributed by atoms with Gasteiger partial charge >= 0.3 is 11.8 Å². The van der Waals surface area contributed by atoms with E-state index in [0.717, 1.165) is 32.2 Å². The van der Waals surface area contributed by atoms with E-state index in [0.29, 0.717) is 41.7 Å². The number of carbonyl (C=O) groups excluding carboxylic acids is 1. The number of amides is 1. The third-order valence-corrected chi connectivity index (χ3v) is 6.58. The highest BCUT2D eigenvalue weighted by atomic mass is 35.5. The number of anilines is 1. The molecule has 5 rings (SSSR count). The molecule has 0 spiro atoms.